The number of nitrogens with zero attached hydrogens (tertiary/aromatic N) is 2. The van der Waals surface area contributed by atoms with Crippen molar-refractivity contribution in [1.82, 2.24) is 20.8 Å². The van der Waals surface area contributed by atoms with Crippen molar-refractivity contribution in [3.63, 3.8) is 0 Å². The molecule has 1 amide bonds. The van der Waals surface area contributed by atoms with Crippen LogP contribution < -0.4 is 15.4 Å². The lowest BCUT2D eigenvalue weighted by atomic mass is 10.2. The van der Waals surface area contributed by atoms with Crippen molar-refractivity contribution in [3.8, 4) is 5.75 Å². The second-order valence-corrected chi connectivity index (χ2v) is 5.54. The number of benzene rings is 1. The molecular weight excluding hydrogens is 315 g/mol. The molecular formula is C16H19FN4O3. The van der Waals surface area contributed by atoms with Gasteiger partial charge in [0.05, 0.1) is 6.04 Å². The number of hydrogen-bond donors (Lipinski definition) is 2. The summed E-state index contributed by atoms with van der Waals surface area (Å²) in [7, 11) is 0. The first kappa shape index (κ1) is 16.4. The normalized spacial score (nSPS) is 17.0. The zero-order valence-electron chi connectivity index (χ0n) is 13.1. The maximum absolute atomic E-state index is 12.8. The van der Waals surface area contributed by atoms with Gasteiger partial charge in [-0.1, -0.05) is 5.16 Å². The van der Waals surface area contributed by atoms with Crippen LogP contribution in [0.25, 0.3) is 0 Å². The van der Waals surface area contributed by atoms with E-state index in [9.17, 15) is 9.18 Å². The first-order valence-corrected chi connectivity index (χ1v) is 7.91. The van der Waals surface area contributed by atoms with E-state index in [0.717, 1.165) is 19.4 Å². The summed E-state index contributed by atoms with van der Waals surface area (Å²) in [6, 6.07) is 5.61. The molecule has 8 heteroatoms. The highest BCUT2D eigenvalue weighted by Gasteiger charge is 2.21. The van der Waals surface area contributed by atoms with E-state index in [1.54, 1.807) is 0 Å². The molecule has 1 aliphatic heterocycles. The van der Waals surface area contributed by atoms with Gasteiger partial charge in [-0.05, 0) is 43.7 Å². The van der Waals surface area contributed by atoms with Crippen LogP contribution in [0.1, 0.15) is 24.6 Å². The number of amides is 1. The second-order valence-electron chi connectivity index (χ2n) is 5.54. The SMILES string of the molecule is O=C(NCCc1nc(COc2ccc(F)cc2)no1)C1CCCN1. The number of carbonyl (C=O) groups excluding carboxylic acids is 1. The van der Waals surface area contributed by atoms with Gasteiger partial charge >= 0.3 is 0 Å². The largest absolute Gasteiger partial charge is 0.485 e. The molecule has 0 aliphatic carbocycles. The average Bonchev–Trinajstić information content (AvgIpc) is 3.26. The molecule has 7 nitrogen and oxygen atoms in total. The van der Waals surface area contributed by atoms with Crippen LogP contribution in [0.5, 0.6) is 5.75 Å². The summed E-state index contributed by atoms with van der Waals surface area (Å²) in [6.45, 7) is 1.46. The minimum absolute atomic E-state index is 0.00637. The standard InChI is InChI=1S/C16H19FN4O3/c17-11-3-5-12(6-4-11)23-10-14-20-15(24-21-14)7-9-19-16(22)13-2-1-8-18-13/h3-6,13,18H,1-2,7-10H2,(H,19,22). The number of hydrogen-bond acceptors (Lipinski definition) is 6. The Morgan fingerprint density at radius 3 is 3.00 bits per heavy atom. The molecule has 0 radical (unpaired) electrons. The summed E-state index contributed by atoms with van der Waals surface area (Å²) < 4.78 is 23.4. The van der Waals surface area contributed by atoms with Crippen LogP contribution in [0.4, 0.5) is 4.39 Å². The van der Waals surface area contributed by atoms with Crippen LogP contribution in [-0.4, -0.2) is 35.2 Å². The molecule has 1 atom stereocenters. The van der Waals surface area contributed by atoms with Crippen molar-refractivity contribution in [2.24, 2.45) is 0 Å². The Labute approximate surface area is 138 Å². The zero-order chi connectivity index (χ0) is 16.8. The summed E-state index contributed by atoms with van der Waals surface area (Å²) in [5.74, 6) is 1.05. The molecule has 1 saturated heterocycles. The van der Waals surface area contributed by atoms with E-state index in [2.05, 4.69) is 20.8 Å². The Balaban J connectivity index is 1.40. The summed E-state index contributed by atoms with van der Waals surface area (Å²) in [4.78, 5) is 16.0. The fourth-order valence-corrected chi connectivity index (χ4v) is 2.45. The lowest BCUT2D eigenvalue weighted by Crippen LogP contribution is -2.41. The van der Waals surface area contributed by atoms with E-state index in [1.807, 2.05) is 0 Å². The van der Waals surface area contributed by atoms with Crippen LogP contribution in [0.3, 0.4) is 0 Å². The van der Waals surface area contributed by atoms with Crippen molar-refractivity contribution in [2.45, 2.75) is 31.9 Å². The van der Waals surface area contributed by atoms with E-state index in [-0.39, 0.29) is 24.4 Å². The summed E-state index contributed by atoms with van der Waals surface area (Å²) in [5, 5.41) is 9.80. The highest BCUT2D eigenvalue weighted by molar-refractivity contribution is 5.81. The second kappa shape index (κ2) is 7.87. The minimum Gasteiger partial charge on any atom is -0.485 e. The third-order valence-electron chi connectivity index (χ3n) is 3.71. The number of carbonyl (C=O) groups is 1. The number of nitrogens with one attached hydrogen (secondary N) is 2. The average molecular weight is 334 g/mol. The Kier molecular flexibility index (Phi) is 5.37. The Bertz CT molecular complexity index is 668. The number of aromatic nitrogens is 2. The van der Waals surface area contributed by atoms with E-state index < -0.39 is 0 Å². The first-order chi connectivity index (χ1) is 11.7. The van der Waals surface area contributed by atoms with Crippen LogP contribution in [0.15, 0.2) is 28.8 Å². The molecule has 2 aromatic rings. The van der Waals surface area contributed by atoms with Gasteiger partial charge in [-0.3, -0.25) is 4.79 Å². The number of rotatable bonds is 7. The molecule has 1 aromatic carbocycles. The predicted octanol–water partition coefficient (Wildman–Crippen LogP) is 1.20. The highest BCUT2D eigenvalue weighted by atomic mass is 19.1. The Hall–Kier alpha value is -2.48. The van der Waals surface area contributed by atoms with Gasteiger partial charge in [-0.15, -0.1) is 0 Å². The molecule has 1 aromatic heterocycles. The van der Waals surface area contributed by atoms with Gasteiger partial charge in [0.25, 0.3) is 0 Å². The van der Waals surface area contributed by atoms with Crippen molar-refractivity contribution in [2.75, 3.05) is 13.1 Å². The number of ether oxygens (including phenoxy) is 1. The molecule has 24 heavy (non-hydrogen) atoms. The molecule has 0 spiro atoms. The van der Waals surface area contributed by atoms with Gasteiger partial charge in [0.15, 0.2) is 6.61 Å². The van der Waals surface area contributed by atoms with Crippen molar-refractivity contribution >= 4 is 5.91 Å². The molecule has 0 bridgehead atoms. The first-order valence-electron chi connectivity index (χ1n) is 7.91. The van der Waals surface area contributed by atoms with E-state index >= 15 is 0 Å². The van der Waals surface area contributed by atoms with Crippen LogP contribution in [0, 0.1) is 5.82 Å². The zero-order valence-corrected chi connectivity index (χ0v) is 13.1. The third kappa shape index (κ3) is 4.51. The van der Waals surface area contributed by atoms with Crippen LogP contribution in [-0.2, 0) is 17.8 Å². The topological polar surface area (TPSA) is 89.3 Å². The summed E-state index contributed by atoms with van der Waals surface area (Å²) in [6.07, 6.45) is 2.36. The quantitative estimate of drug-likeness (QED) is 0.791. The van der Waals surface area contributed by atoms with Gasteiger partial charge < -0.3 is 19.9 Å². The third-order valence-corrected chi connectivity index (χ3v) is 3.71. The van der Waals surface area contributed by atoms with Gasteiger partial charge in [0.2, 0.25) is 17.6 Å². The van der Waals surface area contributed by atoms with Crippen LogP contribution >= 0.6 is 0 Å². The molecule has 3 rings (SSSR count). The smallest absolute Gasteiger partial charge is 0.237 e. The lowest BCUT2D eigenvalue weighted by molar-refractivity contribution is -0.122. The molecule has 1 aliphatic rings. The maximum Gasteiger partial charge on any atom is 0.237 e. The Morgan fingerprint density at radius 1 is 1.42 bits per heavy atom. The monoisotopic (exact) mass is 334 g/mol. The van der Waals surface area contributed by atoms with Gasteiger partial charge in [-0.25, -0.2) is 4.39 Å². The Morgan fingerprint density at radius 2 is 2.25 bits per heavy atom. The fraction of sp³-hybridized carbons (Fsp3) is 0.438. The van der Waals surface area contributed by atoms with Crippen molar-refractivity contribution in [3.05, 3.63) is 41.8 Å². The van der Waals surface area contributed by atoms with Gasteiger partial charge in [-0.2, -0.15) is 4.98 Å². The van der Waals surface area contributed by atoms with Crippen LogP contribution in [0.2, 0.25) is 0 Å². The molecule has 2 heterocycles. The van der Waals surface area contributed by atoms with Crippen molar-refractivity contribution < 1.29 is 18.4 Å². The summed E-state index contributed by atoms with van der Waals surface area (Å²) >= 11 is 0. The molecule has 1 fully saturated rings. The van der Waals surface area contributed by atoms with E-state index in [4.69, 9.17) is 9.26 Å². The lowest BCUT2D eigenvalue weighted by Gasteiger charge is -2.09. The molecule has 2 N–H and O–H groups in total. The van der Waals surface area contributed by atoms with Gasteiger partial charge in [0, 0.05) is 13.0 Å². The maximum atomic E-state index is 12.8. The predicted molar refractivity (Wildman–Crippen MR) is 82.8 cm³/mol. The molecule has 128 valence electrons. The fourth-order valence-electron chi connectivity index (χ4n) is 2.45. The van der Waals surface area contributed by atoms with E-state index in [1.165, 1.54) is 24.3 Å². The number of halogens is 1. The minimum atomic E-state index is -0.320. The van der Waals surface area contributed by atoms with E-state index in [0.29, 0.717) is 30.4 Å². The highest BCUT2D eigenvalue weighted by Crippen LogP contribution is 2.12. The van der Waals surface area contributed by atoms with Crippen molar-refractivity contribution in [1.29, 1.82) is 0 Å². The molecule has 0 saturated carbocycles. The molecule has 1 unspecified atom stereocenters. The van der Waals surface area contributed by atoms with Gasteiger partial charge in [0.1, 0.15) is 11.6 Å². The summed E-state index contributed by atoms with van der Waals surface area (Å²) in [5.41, 5.74) is 0.